The fraction of sp³-hybridized carbons (Fsp3) is 0.562. The predicted molar refractivity (Wildman–Crippen MR) is 84.7 cm³/mol. The molecule has 0 saturated carbocycles. The molecule has 0 aliphatic heterocycles. The van der Waals surface area contributed by atoms with Gasteiger partial charge in [0.25, 0.3) is 5.91 Å². The first-order chi connectivity index (χ1) is 9.95. The highest BCUT2D eigenvalue weighted by Crippen LogP contribution is 2.28. The number of carbonyl (C=O) groups excluding carboxylic acids is 1. The summed E-state index contributed by atoms with van der Waals surface area (Å²) in [5.41, 5.74) is 0.712. The second-order valence-corrected chi connectivity index (χ2v) is 5.53. The van der Waals surface area contributed by atoms with Gasteiger partial charge in [-0.25, -0.2) is 0 Å². The molecule has 0 radical (unpaired) electrons. The number of aliphatic hydroxyl groups is 1. The quantitative estimate of drug-likeness (QED) is 0.723. The normalized spacial score (nSPS) is 13.6. The Morgan fingerprint density at radius 1 is 1.38 bits per heavy atom. The number of hydrogen-bond acceptors (Lipinski definition) is 3. The van der Waals surface area contributed by atoms with E-state index in [2.05, 4.69) is 12.2 Å². The Morgan fingerprint density at radius 3 is 2.67 bits per heavy atom. The van der Waals surface area contributed by atoms with Crippen LogP contribution in [-0.2, 0) is 4.79 Å². The smallest absolute Gasteiger partial charge is 0.260 e. The zero-order valence-electron chi connectivity index (χ0n) is 12.9. The zero-order chi connectivity index (χ0) is 15.8. The lowest BCUT2D eigenvalue weighted by Crippen LogP contribution is -2.36. The second-order valence-electron chi connectivity index (χ2n) is 5.12. The first-order valence-electron chi connectivity index (χ1n) is 7.37. The summed E-state index contributed by atoms with van der Waals surface area (Å²) in [6, 6.07) is 5.05. The van der Waals surface area contributed by atoms with E-state index in [9.17, 15) is 9.90 Å². The molecule has 1 rings (SSSR count). The van der Waals surface area contributed by atoms with E-state index in [-0.39, 0.29) is 5.91 Å². The molecule has 0 aromatic heterocycles. The van der Waals surface area contributed by atoms with Crippen molar-refractivity contribution in [1.82, 2.24) is 5.32 Å². The molecule has 5 heteroatoms. The molecule has 1 aromatic carbocycles. The van der Waals surface area contributed by atoms with Gasteiger partial charge in [0, 0.05) is 6.54 Å². The summed E-state index contributed by atoms with van der Waals surface area (Å²) in [5, 5.41) is 12.7. The average Bonchev–Trinajstić information content (AvgIpc) is 2.45. The maximum absolute atomic E-state index is 11.9. The number of benzene rings is 1. The molecule has 0 fully saturated rings. The van der Waals surface area contributed by atoms with Crippen LogP contribution < -0.4 is 10.1 Å². The standard InChI is InChI=1S/C16H24ClNO3/c1-4-5-6-9-18-16(20)12(3)21-15-8-7-13(11(2)19)10-14(15)17/h7-8,10-12,19H,4-6,9H2,1-3H3,(H,18,20)/t11-,12?/m0/s1. The Hall–Kier alpha value is -1.26. The minimum atomic E-state index is -0.610. The largest absolute Gasteiger partial charge is 0.479 e. The third-order valence-corrected chi connectivity index (χ3v) is 3.49. The molecule has 1 unspecified atom stereocenters. The van der Waals surface area contributed by atoms with Gasteiger partial charge in [-0.05, 0) is 38.0 Å². The van der Waals surface area contributed by atoms with Crippen LogP contribution in [0.4, 0.5) is 0 Å². The first kappa shape index (κ1) is 17.8. The highest BCUT2D eigenvalue weighted by Gasteiger charge is 2.16. The van der Waals surface area contributed by atoms with Crippen molar-refractivity contribution in [3.63, 3.8) is 0 Å². The number of carbonyl (C=O) groups is 1. The molecule has 118 valence electrons. The molecule has 0 spiro atoms. The van der Waals surface area contributed by atoms with Gasteiger partial charge in [-0.1, -0.05) is 37.4 Å². The third kappa shape index (κ3) is 5.94. The van der Waals surface area contributed by atoms with E-state index in [1.54, 1.807) is 32.0 Å². The van der Waals surface area contributed by atoms with Crippen LogP contribution in [-0.4, -0.2) is 23.7 Å². The number of ether oxygens (including phenoxy) is 1. The van der Waals surface area contributed by atoms with Gasteiger partial charge < -0.3 is 15.2 Å². The Balaban J connectivity index is 2.54. The summed E-state index contributed by atoms with van der Waals surface area (Å²) in [4.78, 5) is 11.9. The fourth-order valence-electron chi connectivity index (χ4n) is 1.85. The van der Waals surface area contributed by atoms with Gasteiger partial charge in [0.05, 0.1) is 11.1 Å². The molecule has 1 aromatic rings. The van der Waals surface area contributed by atoms with E-state index >= 15 is 0 Å². The van der Waals surface area contributed by atoms with Crippen LogP contribution in [0.25, 0.3) is 0 Å². The molecule has 0 bridgehead atoms. The summed E-state index contributed by atoms with van der Waals surface area (Å²) in [6.07, 6.45) is 1.99. The van der Waals surface area contributed by atoms with Crippen LogP contribution in [0.15, 0.2) is 18.2 Å². The van der Waals surface area contributed by atoms with E-state index in [1.807, 2.05) is 0 Å². The van der Waals surface area contributed by atoms with Gasteiger partial charge in [-0.2, -0.15) is 0 Å². The molecule has 1 amide bonds. The zero-order valence-corrected chi connectivity index (χ0v) is 13.6. The Kier molecular flexibility index (Phi) is 7.54. The third-order valence-electron chi connectivity index (χ3n) is 3.19. The molecule has 0 aliphatic carbocycles. The fourth-order valence-corrected chi connectivity index (χ4v) is 2.08. The monoisotopic (exact) mass is 313 g/mol. The summed E-state index contributed by atoms with van der Waals surface area (Å²) in [7, 11) is 0. The Labute approximate surface area is 131 Å². The van der Waals surface area contributed by atoms with Crippen molar-refractivity contribution in [3.05, 3.63) is 28.8 Å². The van der Waals surface area contributed by atoms with Crippen LogP contribution in [0.5, 0.6) is 5.75 Å². The van der Waals surface area contributed by atoms with Gasteiger partial charge in [-0.15, -0.1) is 0 Å². The van der Waals surface area contributed by atoms with Crippen molar-refractivity contribution in [2.75, 3.05) is 6.54 Å². The van der Waals surface area contributed by atoms with Crippen LogP contribution in [0.2, 0.25) is 5.02 Å². The van der Waals surface area contributed by atoms with Crippen LogP contribution in [0, 0.1) is 0 Å². The van der Waals surface area contributed by atoms with Gasteiger partial charge in [0.15, 0.2) is 6.10 Å². The summed E-state index contributed by atoms with van der Waals surface area (Å²) in [6.45, 7) is 6.13. The van der Waals surface area contributed by atoms with E-state index < -0.39 is 12.2 Å². The minimum Gasteiger partial charge on any atom is -0.479 e. The number of nitrogens with one attached hydrogen (secondary N) is 1. The topological polar surface area (TPSA) is 58.6 Å². The Morgan fingerprint density at radius 2 is 2.10 bits per heavy atom. The van der Waals surface area contributed by atoms with Gasteiger partial charge in [0.1, 0.15) is 5.75 Å². The summed E-state index contributed by atoms with van der Waals surface area (Å²) >= 11 is 6.10. The SMILES string of the molecule is CCCCCNC(=O)C(C)Oc1ccc([C@H](C)O)cc1Cl. The van der Waals surface area contributed by atoms with Crippen molar-refractivity contribution in [1.29, 1.82) is 0 Å². The highest BCUT2D eigenvalue weighted by molar-refractivity contribution is 6.32. The molecular formula is C16H24ClNO3. The maximum atomic E-state index is 11.9. The lowest BCUT2D eigenvalue weighted by Gasteiger charge is -2.16. The predicted octanol–water partition coefficient (Wildman–Crippen LogP) is 3.47. The summed E-state index contributed by atoms with van der Waals surface area (Å²) < 4.78 is 5.57. The van der Waals surface area contributed by atoms with E-state index in [0.717, 1.165) is 19.3 Å². The van der Waals surface area contributed by atoms with E-state index in [0.29, 0.717) is 22.9 Å². The molecule has 21 heavy (non-hydrogen) atoms. The van der Waals surface area contributed by atoms with Crippen molar-refractivity contribution in [2.24, 2.45) is 0 Å². The molecule has 0 aliphatic rings. The van der Waals surface area contributed by atoms with Crippen molar-refractivity contribution >= 4 is 17.5 Å². The molecule has 0 saturated heterocycles. The molecule has 2 N–H and O–H groups in total. The molecule has 4 nitrogen and oxygen atoms in total. The lowest BCUT2D eigenvalue weighted by atomic mass is 10.1. The number of amides is 1. The van der Waals surface area contributed by atoms with Crippen LogP contribution in [0.3, 0.4) is 0 Å². The number of aliphatic hydroxyl groups excluding tert-OH is 1. The molecule has 0 heterocycles. The number of rotatable bonds is 8. The summed E-state index contributed by atoms with van der Waals surface area (Å²) in [5.74, 6) is 0.291. The molecule has 2 atom stereocenters. The number of hydrogen-bond donors (Lipinski definition) is 2. The number of halogens is 1. The lowest BCUT2D eigenvalue weighted by molar-refractivity contribution is -0.127. The second kappa shape index (κ2) is 8.90. The van der Waals surface area contributed by atoms with Gasteiger partial charge in [0.2, 0.25) is 0 Å². The van der Waals surface area contributed by atoms with E-state index in [4.69, 9.17) is 16.3 Å². The number of unbranched alkanes of at least 4 members (excludes halogenated alkanes) is 2. The Bertz CT molecular complexity index is 463. The van der Waals surface area contributed by atoms with Crippen LogP contribution in [0.1, 0.15) is 51.7 Å². The van der Waals surface area contributed by atoms with Gasteiger partial charge in [-0.3, -0.25) is 4.79 Å². The first-order valence-corrected chi connectivity index (χ1v) is 7.75. The highest BCUT2D eigenvalue weighted by atomic mass is 35.5. The van der Waals surface area contributed by atoms with Crippen LogP contribution >= 0.6 is 11.6 Å². The minimum absolute atomic E-state index is 0.151. The molecular weight excluding hydrogens is 290 g/mol. The average molecular weight is 314 g/mol. The van der Waals surface area contributed by atoms with Crippen molar-refractivity contribution < 1.29 is 14.6 Å². The van der Waals surface area contributed by atoms with Crippen molar-refractivity contribution in [2.45, 2.75) is 52.2 Å². The van der Waals surface area contributed by atoms with Crippen molar-refractivity contribution in [3.8, 4) is 5.75 Å². The van der Waals surface area contributed by atoms with E-state index in [1.165, 1.54) is 0 Å². The maximum Gasteiger partial charge on any atom is 0.260 e. The van der Waals surface area contributed by atoms with Gasteiger partial charge >= 0.3 is 0 Å².